The molecular formula is C30H52N2O2. The number of allylic oxidation sites excluding steroid dienone is 2. The fraction of sp³-hybridized carbons (Fsp3) is 0.833. The highest BCUT2D eigenvalue weighted by atomic mass is 16.4. The van der Waals surface area contributed by atoms with Gasteiger partial charge in [-0.05, 0) is 64.2 Å². The number of carbonyl (C=O) groups is 1. The maximum Gasteiger partial charge on any atom is 0.331 e. The summed E-state index contributed by atoms with van der Waals surface area (Å²) in [5.41, 5.74) is 7.65. The largest absolute Gasteiger partial charge is 0.478 e. The average Bonchev–Trinajstić information content (AvgIpc) is 2.83. The van der Waals surface area contributed by atoms with Crippen LogP contribution in [0.25, 0.3) is 0 Å². The SMILES string of the molecule is NCCCCCCCCCCC12C=C3C=C(C(=O)O)C1CCN(CCCCCCCCCC3)C2. The van der Waals surface area contributed by atoms with E-state index in [9.17, 15) is 9.90 Å². The molecule has 1 fully saturated rings. The lowest BCUT2D eigenvalue weighted by molar-refractivity contribution is -0.134. The Balaban J connectivity index is 1.66. The number of carboxylic acids is 1. The van der Waals surface area contributed by atoms with Gasteiger partial charge in [0.1, 0.15) is 0 Å². The van der Waals surface area contributed by atoms with Crippen molar-refractivity contribution in [2.45, 2.75) is 122 Å². The van der Waals surface area contributed by atoms with Crippen LogP contribution >= 0.6 is 0 Å². The smallest absolute Gasteiger partial charge is 0.331 e. The molecule has 0 radical (unpaired) electrons. The Bertz CT molecular complexity index is 671. The molecule has 2 aliphatic heterocycles. The first-order chi connectivity index (χ1) is 16.6. The molecule has 34 heavy (non-hydrogen) atoms. The van der Waals surface area contributed by atoms with Crippen LogP contribution in [0.2, 0.25) is 0 Å². The topological polar surface area (TPSA) is 66.6 Å². The van der Waals surface area contributed by atoms with E-state index in [0.29, 0.717) is 5.57 Å². The summed E-state index contributed by atoms with van der Waals surface area (Å²) in [5, 5.41) is 10.1. The van der Waals surface area contributed by atoms with Crippen LogP contribution in [0.1, 0.15) is 122 Å². The molecule has 0 spiro atoms. The number of fused-ring (bicyclic) bond motifs is 1. The predicted octanol–water partition coefficient (Wildman–Crippen LogP) is 7.24. The fourth-order valence-electron chi connectivity index (χ4n) is 6.78. The third-order valence-electron chi connectivity index (χ3n) is 8.67. The number of hydrogen-bond donors (Lipinski definition) is 2. The second-order valence-corrected chi connectivity index (χ2v) is 11.4. The molecule has 1 aliphatic carbocycles. The van der Waals surface area contributed by atoms with Gasteiger partial charge in [0, 0.05) is 23.5 Å². The molecule has 2 heterocycles. The second kappa shape index (κ2) is 15.1. The Labute approximate surface area is 209 Å². The lowest BCUT2D eigenvalue weighted by Gasteiger charge is -2.49. The zero-order valence-electron chi connectivity index (χ0n) is 21.9. The molecule has 0 aromatic carbocycles. The molecule has 0 aromatic rings. The summed E-state index contributed by atoms with van der Waals surface area (Å²) in [4.78, 5) is 15.0. The van der Waals surface area contributed by atoms with Crippen molar-refractivity contribution in [2.75, 3.05) is 26.2 Å². The molecule has 3 atom stereocenters. The van der Waals surface area contributed by atoms with E-state index in [4.69, 9.17) is 5.73 Å². The first-order valence-corrected chi connectivity index (χ1v) is 14.7. The molecule has 3 unspecified atom stereocenters. The van der Waals surface area contributed by atoms with Gasteiger partial charge in [-0.2, -0.15) is 0 Å². The van der Waals surface area contributed by atoms with E-state index in [1.165, 1.54) is 108 Å². The molecule has 4 nitrogen and oxygen atoms in total. The summed E-state index contributed by atoms with van der Waals surface area (Å²) in [6.45, 7) is 4.13. The highest BCUT2D eigenvalue weighted by molar-refractivity contribution is 5.88. The minimum absolute atomic E-state index is 0.0252. The van der Waals surface area contributed by atoms with Crippen LogP contribution in [-0.2, 0) is 4.79 Å². The molecule has 3 bridgehead atoms. The zero-order chi connectivity index (χ0) is 24.1. The van der Waals surface area contributed by atoms with Crippen LogP contribution in [0.3, 0.4) is 0 Å². The fourth-order valence-corrected chi connectivity index (χ4v) is 6.78. The van der Waals surface area contributed by atoms with Crippen molar-refractivity contribution in [2.24, 2.45) is 17.1 Å². The van der Waals surface area contributed by atoms with Crippen LogP contribution in [0.4, 0.5) is 0 Å². The van der Waals surface area contributed by atoms with E-state index in [1.54, 1.807) is 0 Å². The second-order valence-electron chi connectivity index (χ2n) is 11.4. The van der Waals surface area contributed by atoms with Crippen LogP contribution < -0.4 is 5.73 Å². The number of carboxylic acid groups (broad SMARTS) is 1. The molecule has 3 N–H and O–H groups in total. The van der Waals surface area contributed by atoms with Gasteiger partial charge in [0.25, 0.3) is 0 Å². The average molecular weight is 473 g/mol. The Morgan fingerprint density at radius 2 is 1.50 bits per heavy atom. The Kier molecular flexibility index (Phi) is 12.2. The molecular weight excluding hydrogens is 420 g/mol. The summed E-state index contributed by atoms with van der Waals surface area (Å²) in [5.74, 6) is -0.485. The number of piperidine rings is 1. The van der Waals surface area contributed by atoms with Crippen molar-refractivity contribution >= 4 is 5.97 Å². The quantitative estimate of drug-likeness (QED) is 0.311. The lowest BCUT2D eigenvalue weighted by atomic mass is 9.61. The molecule has 0 aromatic heterocycles. The number of nitrogens with zero attached hydrogens (tertiary/aromatic N) is 1. The summed E-state index contributed by atoms with van der Waals surface area (Å²) in [7, 11) is 0. The van der Waals surface area contributed by atoms with Crippen molar-refractivity contribution in [3.63, 3.8) is 0 Å². The molecule has 1 saturated heterocycles. The summed E-state index contributed by atoms with van der Waals surface area (Å²) in [6, 6.07) is 0. The Morgan fingerprint density at radius 3 is 2.18 bits per heavy atom. The third kappa shape index (κ3) is 8.52. The maximum absolute atomic E-state index is 12.3. The van der Waals surface area contributed by atoms with Gasteiger partial charge in [-0.25, -0.2) is 4.79 Å². The molecule has 3 aliphatic rings. The van der Waals surface area contributed by atoms with E-state index in [1.807, 2.05) is 0 Å². The van der Waals surface area contributed by atoms with Gasteiger partial charge in [-0.1, -0.05) is 95.1 Å². The maximum atomic E-state index is 12.3. The van der Waals surface area contributed by atoms with Gasteiger partial charge in [0.05, 0.1) is 0 Å². The minimum atomic E-state index is -0.677. The van der Waals surface area contributed by atoms with Crippen molar-refractivity contribution < 1.29 is 9.90 Å². The number of unbranched alkanes of at least 4 members (excludes halogenated alkanes) is 7. The lowest BCUT2D eigenvalue weighted by Crippen LogP contribution is -2.50. The Hall–Kier alpha value is -1.13. The molecule has 0 saturated carbocycles. The normalized spacial score (nSPS) is 28.5. The highest BCUT2D eigenvalue weighted by Crippen LogP contribution is 2.49. The summed E-state index contributed by atoms with van der Waals surface area (Å²) in [6.07, 6.45) is 28.6. The monoisotopic (exact) mass is 472 g/mol. The number of aliphatic carboxylic acids is 1. The van der Waals surface area contributed by atoms with Gasteiger partial charge in [0.15, 0.2) is 0 Å². The van der Waals surface area contributed by atoms with Crippen molar-refractivity contribution in [3.8, 4) is 0 Å². The third-order valence-corrected chi connectivity index (χ3v) is 8.67. The van der Waals surface area contributed by atoms with E-state index < -0.39 is 5.97 Å². The number of rotatable bonds is 11. The van der Waals surface area contributed by atoms with Crippen LogP contribution in [0, 0.1) is 11.3 Å². The summed E-state index contributed by atoms with van der Waals surface area (Å²) < 4.78 is 0. The standard InChI is InChI=1S/C30H52N2O2/c31-20-15-11-7-3-2-6-10-14-19-30-24-26-17-13-9-5-1-4-8-12-16-21-32(25-30)22-18-28(30)27(23-26)29(33)34/h23-24,28H,1-22,25,31H2,(H,33,34). The molecule has 0 amide bonds. The molecule has 3 rings (SSSR count). The van der Waals surface area contributed by atoms with Crippen molar-refractivity contribution in [3.05, 3.63) is 23.3 Å². The van der Waals surface area contributed by atoms with E-state index in [0.717, 1.165) is 45.3 Å². The first-order valence-electron chi connectivity index (χ1n) is 14.7. The summed E-state index contributed by atoms with van der Waals surface area (Å²) >= 11 is 0. The van der Waals surface area contributed by atoms with Gasteiger partial charge in [-0.3, -0.25) is 0 Å². The number of nitrogens with two attached hydrogens (primary N) is 1. The van der Waals surface area contributed by atoms with E-state index >= 15 is 0 Å². The van der Waals surface area contributed by atoms with E-state index in [2.05, 4.69) is 17.1 Å². The van der Waals surface area contributed by atoms with Crippen molar-refractivity contribution in [1.29, 1.82) is 0 Å². The van der Waals surface area contributed by atoms with Crippen molar-refractivity contribution in [1.82, 2.24) is 4.90 Å². The van der Waals surface area contributed by atoms with Crippen LogP contribution in [0.15, 0.2) is 23.3 Å². The van der Waals surface area contributed by atoms with Gasteiger partial charge < -0.3 is 15.7 Å². The minimum Gasteiger partial charge on any atom is -0.478 e. The van der Waals surface area contributed by atoms with Gasteiger partial charge in [0.2, 0.25) is 0 Å². The van der Waals surface area contributed by atoms with Gasteiger partial charge >= 0.3 is 5.97 Å². The number of hydrogen-bond acceptors (Lipinski definition) is 3. The van der Waals surface area contributed by atoms with Crippen LogP contribution in [-0.4, -0.2) is 42.2 Å². The van der Waals surface area contributed by atoms with Gasteiger partial charge in [-0.15, -0.1) is 0 Å². The first kappa shape index (κ1) is 27.5. The van der Waals surface area contributed by atoms with Crippen LogP contribution in [0.5, 0.6) is 0 Å². The highest BCUT2D eigenvalue weighted by Gasteiger charge is 2.46. The zero-order valence-corrected chi connectivity index (χ0v) is 21.9. The molecule has 4 heteroatoms. The van der Waals surface area contributed by atoms with E-state index in [-0.39, 0.29) is 11.3 Å². The predicted molar refractivity (Wildman–Crippen MR) is 143 cm³/mol. The molecule has 194 valence electrons. The Morgan fingerprint density at radius 1 is 0.882 bits per heavy atom.